The van der Waals surface area contributed by atoms with E-state index in [4.69, 9.17) is 10.8 Å². The van der Waals surface area contributed by atoms with E-state index in [9.17, 15) is 0 Å². The lowest BCUT2D eigenvalue weighted by atomic mass is 10.1. The monoisotopic (exact) mass is 164 g/mol. The Morgan fingerprint density at radius 2 is 2.33 bits per heavy atom. The molecule has 1 aliphatic carbocycles. The van der Waals surface area contributed by atoms with Crippen molar-refractivity contribution < 1.29 is 5.11 Å². The van der Waals surface area contributed by atoms with Crippen molar-refractivity contribution in [3.05, 3.63) is 23.4 Å². The molecule has 3 nitrogen and oxygen atoms in total. The summed E-state index contributed by atoms with van der Waals surface area (Å²) in [5.41, 5.74) is 7.51. The van der Waals surface area contributed by atoms with Crippen LogP contribution in [0.25, 0.3) is 0 Å². The molecule has 3 heteroatoms. The molecule has 2 rings (SSSR count). The Balaban J connectivity index is 2.33. The van der Waals surface area contributed by atoms with Crippen LogP contribution in [0.2, 0.25) is 0 Å². The van der Waals surface area contributed by atoms with Gasteiger partial charge in [-0.15, -0.1) is 0 Å². The first-order valence-electron chi connectivity index (χ1n) is 4.16. The van der Waals surface area contributed by atoms with Gasteiger partial charge in [0.2, 0.25) is 0 Å². The van der Waals surface area contributed by atoms with Crippen molar-refractivity contribution >= 4 is 5.82 Å². The van der Waals surface area contributed by atoms with E-state index in [0.717, 1.165) is 5.56 Å². The van der Waals surface area contributed by atoms with Gasteiger partial charge in [0, 0.05) is 11.8 Å². The minimum absolute atomic E-state index is 0.0145. The lowest BCUT2D eigenvalue weighted by molar-refractivity contribution is 0.282. The van der Waals surface area contributed by atoms with Crippen LogP contribution in [0.4, 0.5) is 5.82 Å². The molecule has 1 aromatic rings. The van der Waals surface area contributed by atoms with Gasteiger partial charge in [-0.3, -0.25) is 0 Å². The molecule has 0 spiro atoms. The predicted octanol–water partition coefficient (Wildman–Crippen LogP) is 1.03. The minimum Gasteiger partial charge on any atom is -0.392 e. The van der Waals surface area contributed by atoms with Crippen LogP contribution < -0.4 is 5.73 Å². The van der Waals surface area contributed by atoms with Gasteiger partial charge in [0.25, 0.3) is 0 Å². The second-order valence-corrected chi connectivity index (χ2v) is 3.25. The largest absolute Gasteiger partial charge is 0.392 e. The normalized spacial score (nSPS) is 16.4. The number of nitrogens with two attached hydrogens (primary N) is 1. The van der Waals surface area contributed by atoms with Crippen LogP contribution in [-0.4, -0.2) is 10.1 Å². The molecule has 1 saturated carbocycles. The Morgan fingerprint density at radius 3 is 2.92 bits per heavy atom. The minimum atomic E-state index is -0.0145. The molecule has 0 aliphatic heterocycles. The Kier molecular flexibility index (Phi) is 1.73. The zero-order chi connectivity index (χ0) is 8.55. The number of pyridine rings is 1. The standard InChI is InChI=1S/C9H12N2O/c10-9-8(5-12)3-7(4-11-9)6-1-2-6/h3-4,6,12H,1-2,5H2,(H2,10,11). The lowest BCUT2D eigenvalue weighted by Gasteiger charge is -2.03. The molecule has 0 aromatic carbocycles. The Labute approximate surface area is 71.2 Å². The van der Waals surface area contributed by atoms with E-state index in [1.54, 1.807) is 0 Å². The molecular formula is C9H12N2O. The highest BCUT2D eigenvalue weighted by molar-refractivity contribution is 5.41. The first kappa shape index (κ1) is 7.55. The highest BCUT2D eigenvalue weighted by Gasteiger charge is 2.24. The van der Waals surface area contributed by atoms with Crippen LogP contribution in [0.15, 0.2) is 12.3 Å². The number of hydrogen-bond acceptors (Lipinski definition) is 3. The van der Waals surface area contributed by atoms with Crippen LogP contribution in [0.5, 0.6) is 0 Å². The summed E-state index contributed by atoms with van der Waals surface area (Å²) >= 11 is 0. The van der Waals surface area contributed by atoms with E-state index >= 15 is 0 Å². The number of nitrogens with zero attached hydrogens (tertiary/aromatic N) is 1. The zero-order valence-electron chi connectivity index (χ0n) is 6.83. The summed E-state index contributed by atoms with van der Waals surface area (Å²) in [4.78, 5) is 4.03. The molecule has 64 valence electrons. The number of aromatic nitrogens is 1. The van der Waals surface area contributed by atoms with Gasteiger partial charge >= 0.3 is 0 Å². The summed E-state index contributed by atoms with van der Waals surface area (Å²) < 4.78 is 0. The number of aliphatic hydroxyl groups excluding tert-OH is 1. The smallest absolute Gasteiger partial charge is 0.128 e. The molecule has 0 atom stereocenters. The summed E-state index contributed by atoms with van der Waals surface area (Å²) in [6.45, 7) is -0.0145. The molecule has 1 aliphatic rings. The van der Waals surface area contributed by atoms with Gasteiger partial charge in [-0.2, -0.15) is 0 Å². The van der Waals surface area contributed by atoms with Gasteiger partial charge in [-0.25, -0.2) is 4.98 Å². The van der Waals surface area contributed by atoms with Crippen molar-refractivity contribution in [2.24, 2.45) is 0 Å². The van der Waals surface area contributed by atoms with Gasteiger partial charge in [0.05, 0.1) is 6.61 Å². The molecule has 0 unspecified atom stereocenters. The molecular weight excluding hydrogens is 152 g/mol. The number of nitrogen functional groups attached to an aromatic ring is 1. The Morgan fingerprint density at radius 1 is 1.58 bits per heavy atom. The van der Waals surface area contributed by atoms with Gasteiger partial charge in [0.15, 0.2) is 0 Å². The highest BCUT2D eigenvalue weighted by atomic mass is 16.3. The predicted molar refractivity (Wildman–Crippen MR) is 46.5 cm³/mol. The molecule has 1 aromatic heterocycles. The second kappa shape index (κ2) is 2.75. The van der Waals surface area contributed by atoms with Crippen molar-refractivity contribution in [2.75, 3.05) is 5.73 Å². The van der Waals surface area contributed by atoms with Crippen LogP contribution in [-0.2, 0) is 6.61 Å². The molecule has 1 fully saturated rings. The SMILES string of the molecule is Nc1ncc(C2CC2)cc1CO. The van der Waals surface area contributed by atoms with Gasteiger partial charge in [-0.1, -0.05) is 0 Å². The Bertz CT molecular complexity index is 295. The van der Waals surface area contributed by atoms with Gasteiger partial charge in [0.1, 0.15) is 5.82 Å². The van der Waals surface area contributed by atoms with Gasteiger partial charge < -0.3 is 10.8 Å². The zero-order valence-corrected chi connectivity index (χ0v) is 6.83. The van der Waals surface area contributed by atoms with Crippen LogP contribution in [0, 0.1) is 0 Å². The van der Waals surface area contributed by atoms with E-state index in [2.05, 4.69) is 4.98 Å². The van der Waals surface area contributed by atoms with E-state index in [1.165, 1.54) is 18.4 Å². The molecule has 0 saturated heterocycles. The summed E-state index contributed by atoms with van der Waals surface area (Å²) in [6, 6.07) is 1.96. The van der Waals surface area contributed by atoms with Crippen molar-refractivity contribution in [2.45, 2.75) is 25.4 Å². The first-order valence-corrected chi connectivity index (χ1v) is 4.16. The molecule has 0 amide bonds. The van der Waals surface area contributed by atoms with E-state index in [1.807, 2.05) is 12.3 Å². The van der Waals surface area contributed by atoms with Crippen molar-refractivity contribution in [1.29, 1.82) is 0 Å². The fourth-order valence-electron chi connectivity index (χ4n) is 1.31. The molecule has 0 bridgehead atoms. The molecule has 1 heterocycles. The third-order valence-corrected chi connectivity index (χ3v) is 2.24. The lowest BCUT2D eigenvalue weighted by Crippen LogP contribution is -1.98. The average molecular weight is 164 g/mol. The third-order valence-electron chi connectivity index (χ3n) is 2.24. The number of anilines is 1. The third kappa shape index (κ3) is 1.28. The number of hydrogen-bond donors (Lipinski definition) is 2. The fraction of sp³-hybridized carbons (Fsp3) is 0.444. The quantitative estimate of drug-likeness (QED) is 0.686. The van der Waals surface area contributed by atoms with E-state index in [0.29, 0.717) is 11.7 Å². The molecule has 12 heavy (non-hydrogen) atoms. The summed E-state index contributed by atoms with van der Waals surface area (Å²) in [7, 11) is 0. The van der Waals surface area contributed by atoms with E-state index in [-0.39, 0.29) is 6.61 Å². The maximum absolute atomic E-state index is 8.93. The number of rotatable bonds is 2. The highest BCUT2D eigenvalue weighted by Crippen LogP contribution is 2.40. The first-order chi connectivity index (χ1) is 5.81. The summed E-state index contributed by atoms with van der Waals surface area (Å²) in [5.74, 6) is 1.12. The second-order valence-electron chi connectivity index (χ2n) is 3.25. The van der Waals surface area contributed by atoms with Crippen LogP contribution in [0.3, 0.4) is 0 Å². The Hall–Kier alpha value is -1.09. The maximum atomic E-state index is 8.93. The number of aliphatic hydroxyl groups is 1. The van der Waals surface area contributed by atoms with Crippen molar-refractivity contribution in [3.8, 4) is 0 Å². The van der Waals surface area contributed by atoms with Crippen molar-refractivity contribution in [1.82, 2.24) is 4.98 Å². The average Bonchev–Trinajstić information content (AvgIpc) is 2.88. The van der Waals surface area contributed by atoms with Crippen LogP contribution in [0.1, 0.15) is 29.9 Å². The van der Waals surface area contributed by atoms with Gasteiger partial charge in [-0.05, 0) is 30.4 Å². The molecule has 3 N–H and O–H groups in total. The fourth-order valence-corrected chi connectivity index (χ4v) is 1.31. The summed E-state index contributed by atoms with van der Waals surface area (Å²) in [6.07, 6.45) is 4.30. The molecule has 0 radical (unpaired) electrons. The van der Waals surface area contributed by atoms with E-state index < -0.39 is 0 Å². The maximum Gasteiger partial charge on any atom is 0.128 e. The van der Waals surface area contributed by atoms with Crippen molar-refractivity contribution in [3.63, 3.8) is 0 Å². The topological polar surface area (TPSA) is 59.1 Å². The van der Waals surface area contributed by atoms with Crippen LogP contribution >= 0.6 is 0 Å². The summed E-state index contributed by atoms with van der Waals surface area (Å²) in [5, 5.41) is 8.93.